The Bertz CT molecular complexity index is 362. The maximum Gasteiger partial charge on any atom is 0.162 e. The van der Waals surface area contributed by atoms with E-state index in [4.69, 9.17) is 0 Å². The van der Waals surface area contributed by atoms with Crippen molar-refractivity contribution in [3.63, 3.8) is 0 Å². The molecular weight excluding hydrogens is 204 g/mol. The van der Waals surface area contributed by atoms with Gasteiger partial charge in [-0.05, 0) is 13.0 Å². The van der Waals surface area contributed by atoms with E-state index in [1.54, 1.807) is 6.07 Å². The van der Waals surface area contributed by atoms with Crippen LogP contribution in [0.1, 0.15) is 18.5 Å². The van der Waals surface area contributed by atoms with Gasteiger partial charge in [-0.2, -0.15) is 0 Å². The van der Waals surface area contributed by atoms with Crippen molar-refractivity contribution in [1.29, 1.82) is 0 Å². The van der Waals surface area contributed by atoms with E-state index in [0.29, 0.717) is 0 Å². The molecule has 1 fully saturated rings. The van der Waals surface area contributed by atoms with Crippen molar-refractivity contribution in [2.24, 2.45) is 0 Å². The molecule has 1 aliphatic heterocycles. The molecule has 1 aromatic carbocycles. The predicted molar refractivity (Wildman–Crippen MR) is 62.6 cm³/mol. The molecule has 0 bridgehead atoms. The van der Waals surface area contributed by atoms with Gasteiger partial charge in [-0.15, -0.1) is 0 Å². The van der Waals surface area contributed by atoms with Crippen LogP contribution in [0.5, 0.6) is 11.5 Å². The molecule has 0 radical (unpaired) electrons. The molecule has 0 aliphatic carbocycles. The van der Waals surface area contributed by atoms with Gasteiger partial charge in [0.1, 0.15) is 0 Å². The summed E-state index contributed by atoms with van der Waals surface area (Å²) in [7, 11) is 0. The number of rotatable bonds is 2. The van der Waals surface area contributed by atoms with Crippen molar-refractivity contribution in [3.8, 4) is 11.5 Å². The summed E-state index contributed by atoms with van der Waals surface area (Å²) >= 11 is 0. The predicted octanol–water partition coefficient (Wildman–Crippen LogP) is 1.06. The Kier molecular flexibility index (Phi) is 3.31. The van der Waals surface area contributed by atoms with Crippen LogP contribution in [0.4, 0.5) is 0 Å². The lowest BCUT2D eigenvalue weighted by molar-refractivity contribution is 0.182. The van der Waals surface area contributed by atoms with Crippen molar-refractivity contribution in [2.75, 3.05) is 26.2 Å². The summed E-state index contributed by atoms with van der Waals surface area (Å²) in [5.74, 6) is -0.0342. The van der Waals surface area contributed by atoms with Crippen molar-refractivity contribution in [1.82, 2.24) is 10.2 Å². The molecule has 1 aromatic rings. The summed E-state index contributed by atoms with van der Waals surface area (Å²) in [4.78, 5) is 2.30. The van der Waals surface area contributed by atoms with E-state index in [0.717, 1.165) is 31.7 Å². The molecule has 1 saturated heterocycles. The van der Waals surface area contributed by atoms with Gasteiger partial charge in [0.25, 0.3) is 0 Å². The van der Waals surface area contributed by atoms with Crippen LogP contribution in [-0.4, -0.2) is 41.3 Å². The maximum atomic E-state index is 9.81. The number of nitrogens with zero attached hydrogens (tertiary/aromatic N) is 1. The van der Waals surface area contributed by atoms with E-state index in [2.05, 4.69) is 17.1 Å². The topological polar surface area (TPSA) is 55.7 Å². The van der Waals surface area contributed by atoms with Crippen LogP contribution < -0.4 is 5.32 Å². The van der Waals surface area contributed by atoms with Gasteiger partial charge in [0.05, 0.1) is 0 Å². The second-order valence-electron chi connectivity index (χ2n) is 4.18. The molecule has 0 amide bonds. The highest BCUT2D eigenvalue weighted by atomic mass is 16.3. The minimum absolute atomic E-state index is 0.00790. The van der Waals surface area contributed by atoms with Crippen molar-refractivity contribution in [2.45, 2.75) is 13.0 Å². The first kappa shape index (κ1) is 11.2. The van der Waals surface area contributed by atoms with E-state index in [9.17, 15) is 10.2 Å². The first-order chi connectivity index (χ1) is 7.70. The molecule has 16 heavy (non-hydrogen) atoms. The minimum Gasteiger partial charge on any atom is -0.504 e. The fourth-order valence-electron chi connectivity index (χ4n) is 2.15. The summed E-state index contributed by atoms with van der Waals surface area (Å²) in [5, 5.41) is 22.6. The number of phenols is 2. The number of phenolic OH excluding ortho intramolecular Hbond substituents is 2. The van der Waals surface area contributed by atoms with Crippen LogP contribution in [0, 0.1) is 0 Å². The molecule has 4 nitrogen and oxygen atoms in total. The number of para-hydroxylation sites is 1. The van der Waals surface area contributed by atoms with Crippen molar-refractivity contribution < 1.29 is 10.2 Å². The molecule has 3 N–H and O–H groups in total. The zero-order valence-corrected chi connectivity index (χ0v) is 9.48. The Hall–Kier alpha value is -1.26. The standard InChI is InChI=1S/C12H18N2O2/c1-9(14-7-5-13-6-8-14)10-3-2-4-11(15)12(10)16/h2-4,9,13,15-16H,5-8H2,1H3/t9-/m0/s1. The fraction of sp³-hybridized carbons (Fsp3) is 0.500. The lowest BCUT2D eigenvalue weighted by Gasteiger charge is -2.33. The number of hydrogen-bond acceptors (Lipinski definition) is 4. The summed E-state index contributed by atoms with van der Waals surface area (Å²) in [6, 6.07) is 5.27. The Morgan fingerprint density at radius 2 is 1.94 bits per heavy atom. The molecule has 0 spiro atoms. The summed E-state index contributed by atoms with van der Waals surface area (Å²) in [5.41, 5.74) is 0.793. The zero-order valence-electron chi connectivity index (χ0n) is 9.48. The first-order valence-electron chi connectivity index (χ1n) is 5.66. The first-order valence-corrected chi connectivity index (χ1v) is 5.66. The molecule has 0 aromatic heterocycles. The van der Waals surface area contributed by atoms with Crippen molar-refractivity contribution >= 4 is 0 Å². The van der Waals surface area contributed by atoms with Gasteiger partial charge in [0.15, 0.2) is 11.5 Å². The number of nitrogens with one attached hydrogen (secondary N) is 1. The average Bonchev–Trinajstić information content (AvgIpc) is 2.33. The molecule has 0 saturated carbocycles. The van der Waals surface area contributed by atoms with E-state index in [1.807, 2.05) is 6.07 Å². The SMILES string of the molecule is C[C@@H](c1cccc(O)c1O)N1CCNCC1. The van der Waals surface area contributed by atoms with E-state index >= 15 is 0 Å². The highest BCUT2D eigenvalue weighted by Crippen LogP contribution is 2.34. The number of benzene rings is 1. The van der Waals surface area contributed by atoms with Crippen LogP contribution >= 0.6 is 0 Å². The summed E-state index contributed by atoms with van der Waals surface area (Å²) in [6.07, 6.45) is 0. The van der Waals surface area contributed by atoms with Crippen LogP contribution in [-0.2, 0) is 0 Å². The van der Waals surface area contributed by atoms with E-state index in [-0.39, 0.29) is 17.5 Å². The maximum absolute atomic E-state index is 9.81. The van der Waals surface area contributed by atoms with Crippen LogP contribution in [0.15, 0.2) is 18.2 Å². The molecule has 88 valence electrons. The number of piperazine rings is 1. The molecule has 1 heterocycles. The summed E-state index contributed by atoms with van der Waals surface area (Å²) in [6.45, 7) is 5.94. The Balaban J connectivity index is 2.19. The number of hydrogen-bond donors (Lipinski definition) is 3. The number of aromatic hydroxyl groups is 2. The third-order valence-corrected chi connectivity index (χ3v) is 3.20. The highest BCUT2D eigenvalue weighted by molar-refractivity contribution is 5.45. The third kappa shape index (κ3) is 2.13. The lowest BCUT2D eigenvalue weighted by atomic mass is 10.0. The van der Waals surface area contributed by atoms with Crippen LogP contribution in [0.25, 0.3) is 0 Å². The van der Waals surface area contributed by atoms with Crippen LogP contribution in [0.3, 0.4) is 0 Å². The van der Waals surface area contributed by atoms with Gasteiger partial charge >= 0.3 is 0 Å². The smallest absolute Gasteiger partial charge is 0.162 e. The molecule has 2 rings (SSSR count). The second kappa shape index (κ2) is 4.72. The van der Waals surface area contributed by atoms with Gasteiger partial charge in [-0.25, -0.2) is 0 Å². The normalized spacial score (nSPS) is 19.6. The molecule has 1 aliphatic rings. The Morgan fingerprint density at radius 1 is 1.25 bits per heavy atom. The van der Waals surface area contributed by atoms with Gasteiger partial charge in [-0.1, -0.05) is 12.1 Å². The molecule has 1 atom stereocenters. The Morgan fingerprint density at radius 3 is 2.62 bits per heavy atom. The molecule has 0 unspecified atom stereocenters. The average molecular weight is 222 g/mol. The largest absolute Gasteiger partial charge is 0.504 e. The van der Waals surface area contributed by atoms with E-state index in [1.165, 1.54) is 6.07 Å². The second-order valence-corrected chi connectivity index (χ2v) is 4.18. The van der Waals surface area contributed by atoms with Crippen molar-refractivity contribution in [3.05, 3.63) is 23.8 Å². The third-order valence-electron chi connectivity index (χ3n) is 3.20. The zero-order chi connectivity index (χ0) is 11.5. The molecular formula is C12H18N2O2. The highest BCUT2D eigenvalue weighted by Gasteiger charge is 2.21. The summed E-state index contributed by atoms with van der Waals surface area (Å²) < 4.78 is 0. The van der Waals surface area contributed by atoms with Crippen LogP contribution in [0.2, 0.25) is 0 Å². The lowest BCUT2D eigenvalue weighted by Crippen LogP contribution is -2.44. The van der Waals surface area contributed by atoms with E-state index < -0.39 is 0 Å². The Labute approximate surface area is 95.5 Å². The minimum atomic E-state index is -0.0421. The monoisotopic (exact) mass is 222 g/mol. The van der Waals surface area contributed by atoms with Gasteiger partial charge in [0.2, 0.25) is 0 Å². The fourth-order valence-corrected chi connectivity index (χ4v) is 2.15. The van der Waals surface area contributed by atoms with Gasteiger partial charge in [0, 0.05) is 37.8 Å². The van der Waals surface area contributed by atoms with Gasteiger partial charge in [-0.3, -0.25) is 4.90 Å². The molecule has 4 heteroatoms. The quantitative estimate of drug-likeness (QED) is 0.655. The van der Waals surface area contributed by atoms with Gasteiger partial charge < -0.3 is 15.5 Å².